The van der Waals surface area contributed by atoms with Crippen molar-refractivity contribution >= 4 is 33.5 Å². The Balaban J connectivity index is 1.99. The second-order valence-electron chi connectivity index (χ2n) is 4.57. The number of carboxylic acid groups (broad SMARTS) is 1. The molecule has 114 valence electrons. The first-order valence-electron chi connectivity index (χ1n) is 6.48. The number of hydrogen-bond donors (Lipinski definition) is 2. The third-order valence-electron chi connectivity index (χ3n) is 3.02. The van der Waals surface area contributed by atoms with Crippen LogP contribution in [0.5, 0.6) is 5.75 Å². The number of aromatic carboxylic acids is 1. The van der Waals surface area contributed by atoms with E-state index in [9.17, 15) is 9.59 Å². The lowest BCUT2D eigenvalue weighted by Crippen LogP contribution is -2.21. The number of rotatable bonds is 5. The summed E-state index contributed by atoms with van der Waals surface area (Å²) in [6.45, 7) is 1.49. The van der Waals surface area contributed by atoms with Crippen LogP contribution in [0.3, 0.4) is 0 Å². The van der Waals surface area contributed by atoms with E-state index in [0.29, 0.717) is 17.0 Å². The van der Waals surface area contributed by atoms with Crippen LogP contribution in [0, 0.1) is 6.92 Å². The Hall–Kier alpha value is -2.34. The average molecular weight is 364 g/mol. The van der Waals surface area contributed by atoms with Crippen molar-refractivity contribution in [2.45, 2.75) is 6.92 Å². The molecule has 2 N–H and O–H groups in total. The molecule has 0 saturated heterocycles. The van der Waals surface area contributed by atoms with Gasteiger partial charge in [0.2, 0.25) is 0 Å². The summed E-state index contributed by atoms with van der Waals surface area (Å²) in [7, 11) is 0. The fourth-order valence-corrected chi connectivity index (χ4v) is 2.13. The number of amides is 1. The van der Waals surface area contributed by atoms with Crippen LogP contribution in [0.4, 0.5) is 5.69 Å². The SMILES string of the molecule is Cc1c(NC(=O)COc2ccc(Br)cc2)cccc1C(=O)O. The van der Waals surface area contributed by atoms with Crippen molar-refractivity contribution in [3.8, 4) is 5.75 Å². The Bertz CT molecular complexity index is 698. The van der Waals surface area contributed by atoms with Gasteiger partial charge in [0.05, 0.1) is 5.56 Å². The fraction of sp³-hybridized carbons (Fsp3) is 0.125. The first-order chi connectivity index (χ1) is 10.5. The summed E-state index contributed by atoms with van der Waals surface area (Å²) < 4.78 is 6.29. The second kappa shape index (κ2) is 7.09. The highest BCUT2D eigenvalue weighted by Gasteiger charge is 2.12. The molecule has 0 bridgehead atoms. The molecule has 2 aromatic rings. The fourth-order valence-electron chi connectivity index (χ4n) is 1.87. The molecule has 0 fully saturated rings. The number of halogens is 1. The normalized spacial score (nSPS) is 10.1. The zero-order valence-corrected chi connectivity index (χ0v) is 13.4. The van der Waals surface area contributed by atoms with Crippen LogP contribution in [-0.2, 0) is 4.79 Å². The zero-order chi connectivity index (χ0) is 16.1. The Kier molecular flexibility index (Phi) is 5.16. The van der Waals surface area contributed by atoms with Crippen molar-refractivity contribution in [1.29, 1.82) is 0 Å². The molecular formula is C16H14BrNO4. The van der Waals surface area contributed by atoms with E-state index in [2.05, 4.69) is 21.2 Å². The highest BCUT2D eigenvalue weighted by atomic mass is 79.9. The maximum absolute atomic E-state index is 11.9. The molecular weight excluding hydrogens is 350 g/mol. The van der Waals surface area contributed by atoms with Crippen molar-refractivity contribution in [1.82, 2.24) is 0 Å². The lowest BCUT2D eigenvalue weighted by Gasteiger charge is -2.11. The van der Waals surface area contributed by atoms with Crippen molar-refractivity contribution in [3.63, 3.8) is 0 Å². The number of carbonyl (C=O) groups is 2. The van der Waals surface area contributed by atoms with E-state index in [0.717, 1.165) is 4.47 Å². The van der Waals surface area contributed by atoms with E-state index in [1.807, 2.05) is 12.1 Å². The molecule has 1 amide bonds. The Morgan fingerprint density at radius 1 is 1.18 bits per heavy atom. The van der Waals surface area contributed by atoms with Gasteiger partial charge in [-0.1, -0.05) is 22.0 Å². The predicted octanol–water partition coefficient (Wildman–Crippen LogP) is 3.47. The van der Waals surface area contributed by atoms with E-state index in [1.54, 1.807) is 31.2 Å². The lowest BCUT2D eigenvalue weighted by atomic mass is 10.1. The van der Waals surface area contributed by atoms with Gasteiger partial charge in [-0.15, -0.1) is 0 Å². The summed E-state index contributed by atoms with van der Waals surface area (Å²) in [4.78, 5) is 23.0. The molecule has 0 radical (unpaired) electrons. The monoisotopic (exact) mass is 363 g/mol. The van der Waals surface area contributed by atoms with Gasteiger partial charge < -0.3 is 15.2 Å². The number of nitrogens with one attached hydrogen (secondary N) is 1. The van der Waals surface area contributed by atoms with Crippen molar-refractivity contribution < 1.29 is 19.4 Å². The minimum atomic E-state index is -1.03. The first-order valence-corrected chi connectivity index (χ1v) is 7.28. The largest absolute Gasteiger partial charge is 0.484 e. The molecule has 0 aliphatic rings. The quantitative estimate of drug-likeness (QED) is 0.852. The van der Waals surface area contributed by atoms with Crippen LogP contribution in [0.15, 0.2) is 46.9 Å². The maximum Gasteiger partial charge on any atom is 0.336 e. The molecule has 0 atom stereocenters. The first kappa shape index (κ1) is 16.0. The molecule has 2 rings (SSSR count). The molecule has 0 aliphatic carbocycles. The molecule has 0 aromatic heterocycles. The molecule has 5 nitrogen and oxygen atoms in total. The highest BCUT2D eigenvalue weighted by Crippen LogP contribution is 2.19. The summed E-state index contributed by atoms with van der Waals surface area (Å²) in [5.41, 5.74) is 1.13. The minimum Gasteiger partial charge on any atom is -0.484 e. The third kappa shape index (κ3) is 4.08. The molecule has 0 aliphatic heterocycles. The Morgan fingerprint density at radius 3 is 2.50 bits per heavy atom. The van der Waals surface area contributed by atoms with Gasteiger partial charge in [0.25, 0.3) is 5.91 Å². The van der Waals surface area contributed by atoms with Crippen LogP contribution in [0.25, 0.3) is 0 Å². The summed E-state index contributed by atoms with van der Waals surface area (Å²) >= 11 is 3.31. The van der Waals surface area contributed by atoms with E-state index in [1.165, 1.54) is 6.07 Å². The number of hydrogen-bond acceptors (Lipinski definition) is 3. The summed E-state index contributed by atoms with van der Waals surface area (Å²) in [6, 6.07) is 11.8. The number of ether oxygens (including phenoxy) is 1. The van der Waals surface area contributed by atoms with Crippen molar-refractivity contribution in [2.75, 3.05) is 11.9 Å². The standard InChI is InChI=1S/C16H14BrNO4/c1-10-13(16(20)21)3-2-4-14(10)18-15(19)9-22-12-7-5-11(17)6-8-12/h2-8H,9H2,1H3,(H,18,19)(H,20,21). The summed E-state index contributed by atoms with van der Waals surface area (Å²) in [5.74, 6) is -0.803. The van der Waals surface area contributed by atoms with Crippen LogP contribution < -0.4 is 10.1 Å². The van der Waals surface area contributed by atoms with Gasteiger partial charge in [-0.3, -0.25) is 4.79 Å². The lowest BCUT2D eigenvalue weighted by molar-refractivity contribution is -0.118. The maximum atomic E-state index is 11.9. The molecule has 2 aromatic carbocycles. The van der Waals surface area contributed by atoms with E-state index in [4.69, 9.17) is 9.84 Å². The summed E-state index contributed by atoms with van der Waals surface area (Å²) in [5, 5.41) is 11.7. The van der Waals surface area contributed by atoms with Gasteiger partial charge >= 0.3 is 5.97 Å². The van der Waals surface area contributed by atoms with Gasteiger partial charge in [0, 0.05) is 10.2 Å². The predicted molar refractivity (Wildman–Crippen MR) is 86.4 cm³/mol. The van der Waals surface area contributed by atoms with Crippen LogP contribution >= 0.6 is 15.9 Å². The topological polar surface area (TPSA) is 75.6 Å². The molecule has 0 spiro atoms. The third-order valence-corrected chi connectivity index (χ3v) is 3.55. The zero-order valence-electron chi connectivity index (χ0n) is 11.8. The highest BCUT2D eigenvalue weighted by molar-refractivity contribution is 9.10. The number of anilines is 1. The van der Waals surface area contributed by atoms with E-state index < -0.39 is 5.97 Å². The van der Waals surface area contributed by atoms with Gasteiger partial charge in [0.15, 0.2) is 6.61 Å². The van der Waals surface area contributed by atoms with Crippen LogP contribution in [0.2, 0.25) is 0 Å². The van der Waals surface area contributed by atoms with Crippen LogP contribution in [0.1, 0.15) is 15.9 Å². The van der Waals surface area contributed by atoms with Gasteiger partial charge in [-0.25, -0.2) is 4.79 Å². The Labute approximate surface area is 136 Å². The minimum absolute atomic E-state index is 0.154. The molecule has 0 saturated carbocycles. The van der Waals surface area contributed by atoms with Crippen LogP contribution in [-0.4, -0.2) is 23.6 Å². The van der Waals surface area contributed by atoms with E-state index >= 15 is 0 Å². The number of carboxylic acids is 1. The smallest absolute Gasteiger partial charge is 0.336 e. The van der Waals surface area contributed by atoms with E-state index in [-0.39, 0.29) is 18.1 Å². The second-order valence-corrected chi connectivity index (χ2v) is 5.49. The van der Waals surface area contributed by atoms with Crippen molar-refractivity contribution in [2.24, 2.45) is 0 Å². The molecule has 0 unspecified atom stereocenters. The summed E-state index contributed by atoms with van der Waals surface area (Å²) in [6.07, 6.45) is 0. The Morgan fingerprint density at radius 2 is 1.86 bits per heavy atom. The van der Waals surface area contributed by atoms with Gasteiger partial charge in [-0.05, 0) is 48.9 Å². The molecule has 22 heavy (non-hydrogen) atoms. The van der Waals surface area contributed by atoms with Gasteiger partial charge in [-0.2, -0.15) is 0 Å². The molecule has 6 heteroatoms. The average Bonchev–Trinajstić information content (AvgIpc) is 2.48. The van der Waals surface area contributed by atoms with Gasteiger partial charge in [0.1, 0.15) is 5.75 Å². The number of benzene rings is 2. The van der Waals surface area contributed by atoms with Crippen molar-refractivity contribution in [3.05, 3.63) is 58.1 Å². The number of carbonyl (C=O) groups excluding carboxylic acids is 1. The molecule has 0 heterocycles.